The van der Waals surface area contributed by atoms with Crippen LogP contribution in [0.1, 0.15) is 133 Å². The third-order valence-electron chi connectivity index (χ3n) is 7.68. The number of hydrogen-bond acceptors (Lipinski definition) is 3. The molecule has 2 rings (SSSR count). The van der Waals surface area contributed by atoms with Crippen molar-refractivity contribution in [3.8, 4) is 0 Å². The molecule has 0 amide bonds. The summed E-state index contributed by atoms with van der Waals surface area (Å²) in [5, 5.41) is 10.9. The smallest absolute Gasteiger partial charge is 0.190 e. The molecule has 0 bridgehead atoms. The minimum atomic E-state index is -0.821. The van der Waals surface area contributed by atoms with Gasteiger partial charge in [0, 0.05) is 22.3 Å². The number of benzene rings is 1. The Balaban J connectivity index is 1.71. The molecule has 1 aliphatic carbocycles. The van der Waals surface area contributed by atoms with E-state index in [-0.39, 0.29) is 11.6 Å². The van der Waals surface area contributed by atoms with Gasteiger partial charge in [-0.3, -0.25) is 9.59 Å². The van der Waals surface area contributed by atoms with Crippen molar-refractivity contribution in [1.82, 2.24) is 0 Å². The van der Waals surface area contributed by atoms with Crippen molar-refractivity contribution in [1.29, 1.82) is 0 Å². The quantitative estimate of drug-likeness (QED) is 0.281. The second-order valence-electron chi connectivity index (χ2n) is 11.7. The van der Waals surface area contributed by atoms with Crippen molar-refractivity contribution in [2.75, 3.05) is 0 Å². The standard InChI is InChI=1S/C31H48O3/c1-22(2)12-9-13-23(3)14-10-15-24(4)16-11-20-31(6,34)21-19-26-25(5)29(32)27-17-7-8-18-28(27)30(26)33/h7-8,17-18,22-24,34H,9-16,19-21H2,1-6H3/t23-,24-,31?/m1/s1. The van der Waals surface area contributed by atoms with Gasteiger partial charge in [-0.1, -0.05) is 103 Å². The van der Waals surface area contributed by atoms with Gasteiger partial charge in [-0.2, -0.15) is 0 Å². The normalized spacial score (nSPS) is 17.6. The lowest BCUT2D eigenvalue weighted by Gasteiger charge is -2.26. The average molecular weight is 469 g/mol. The molecular weight excluding hydrogens is 420 g/mol. The Bertz CT molecular complexity index is 846. The largest absolute Gasteiger partial charge is 0.390 e. The first-order chi connectivity index (χ1) is 16.0. The second-order valence-corrected chi connectivity index (χ2v) is 11.7. The van der Waals surface area contributed by atoms with Crippen LogP contribution in [0.4, 0.5) is 0 Å². The summed E-state index contributed by atoms with van der Waals surface area (Å²) >= 11 is 0. The van der Waals surface area contributed by atoms with Crippen LogP contribution in [0, 0.1) is 17.8 Å². The van der Waals surface area contributed by atoms with Crippen molar-refractivity contribution in [2.45, 2.75) is 118 Å². The molecule has 1 unspecified atom stereocenters. The maximum absolute atomic E-state index is 12.9. The van der Waals surface area contributed by atoms with E-state index < -0.39 is 5.60 Å². The van der Waals surface area contributed by atoms with Gasteiger partial charge in [-0.15, -0.1) is 0 Å². The molecule has 3 atom stereocenters. The second kappa shape index (κ2) is 13.4. The summed E-state index contributed by atoms with van der Waals surface area (Å²) in [7, 11) is 0. The first-order valence-electron chi connectivity index (χ1n) is 13.6. The predicted molar refractivity (Wildman–Crippen MR) is 142 cm³/mol. The Morgan fingerprint density at radius 3 is 1.82 bits per heavy atom. The lowest BCUT2D eigenvalue weighted by Crippen LogP contribution is -2.27. The highest BCUT2D eigenvalue weighted by molar-refractivity contribution is 6.26. The van der Waals surface area contributed by atoms with E-state index in [0.717, 1.165) is 31.1 Å². The molecule has 3 nitrogen and oxygen atoms in total. The number of rotatable bonds is 15. The Labute approximate surface area is 208 Å². The van der Waals surface area contributed by atoms with Crippen molar-refractivity contribution in [3.05, 3.63) is 46.5 Å². The molecule has 0 radical (unpaired) electrons. The highest BCUT2D eigenvalue weighted by Gasteiger charge is 2.31. The maximum Gasteiger partial charge on any atom is 0.190 e. The molecule has 1 aromatic carbocycles. The van der Waals surface area contributed by atoms with Crippen molar-refractivity contribution < 1.29 is 14.7 Å². The molecule has 0 saturated carbocycles. The monoisotopic (exact) mass is 468 g/mol. The molecule has 1 N–H and O–H groups in total. The summed E-state index contributed by atoms with van der Waals surface area (Å²) in [6.45, 7) is 12.9. The van der Waals surface area contributed by atoms with E-state index in [4.69, 9.17) is 0 Å². The first-order valence-corrected chi connectivity index (χ1v) is 13.6. The van der Waals surface area contributed by atoms with E-state index in [0.29, 0.717) is 41.0 Å². The minimum absolute atomic E-state index is 0.0597. The van der Waals surface area contributed by atoms with Crippen LogP contribution in [0.25, 0.3) is 0 Å². The fourth-order valence-electron chi connectivity index (χ4n) is 5.18. The number of Topliss-reactive ketones (excluding diaryl/α,β-unsaturated/α-hetero) is 2. The van der Waals surface area contributed by atoms with Gasteiger partial charge in [0.25, 0.3) is 0 Å². The van der Waals surface area contributed by atoms with Crippen LogP contribution in [0.5, 0.6) is 0 Å². The molecule has 0 aromatic heterocycles. The first kappa shape index (κ1) is 28.5. The molecule has 0 spiro atoms. The fourth-order valence-corrected chi connectivity index (χ4v) is 5.18. The Morgan fingerprint density at radius 2 is 1.26 bits per heavy atom. The average Bonchev–Trinajstić information content (AvgIpc) is 2.77. The van der Waals surface area contributed by atoms with Crippen molar-refractivity contribution in [2.24, 2.45) is 17.8 Å². The SMILES string of the molecule is CC1=C(CCC(C)(O)CCC[C@H](C)CCC[C@H](C)CCCC(C)C)C(=O)c2ccccc2C1=O. The van der Waals surface area contributed by atoms with Gasteiger partial charge in [0.15, 0.2) is 11.6 Å². The molecule has 1 aliphatic rings. The summed E-state index contributed by atoms with van der Waals surface area (Å²) in [6.07, 6.45) is 11.7. The highest BCUT2D eigenvalue weighted by atomic mass is 16.3. The topological polar surface area (TPSA) is 54.4 Å². The van der Waals surface area contributed by atoms with Gasteiger partial charge in [0.05, 0.1) is 5.60 Å². The van der Waals surface area contributed by atoms with Crippen LogP contribution < -0.4 is 0 Å². The molecule has 3 heteroatoms. The van der Waals surface area contributed by atoms with Gasteiger partial charge in [0.1, 0.15) is 0 Å². The van der Waals surface area contributed by atoms with Crippen LogP contribution in [-0.2, 0) is 0 Å². The zero-order valence-corrected chi connectivity index (χ0v) is 22.6. The lowest BCUT2D eigenvalue weighted by molar-refractivity contribution is 0.0384. The van der Waals surface area contributed by atoms with E-state index >= 15 is 0 Å². The summed E-state index contributed by atoms with van der Waals surface area (Å²) in [5.74, 6) is 2.19. The molecule has 0 saturated heterocycles. The summed E-state index contributed by atoms with van der Waals surface area (Å²) in [5.41, 5.74) is 1.28. The third-order valence-corrected chi connectivity index (χ3v) is 7.68. The van der Waals surface area contributed by atoms with Gasteiger partial charge in [-0.05, 0) is 50.9 Å². The van der Waals surface area contributed by atoms with Crippen LogP contribution in [0.3, 0.4) is 0 Å². The molecule has 0 heterocycles. The molecule has 0 fully saturated rings. The zero-order valence-electron chi connectivity index (χ0n) is 22.6. The highest BCUT2D eigenvalue weighted by Crippen LogP contribution is 2.32. The van der Waals surface area contributed by atoms with Gasteiger partial charge >= 0.3 is 0 Å². The number of allylic oxidation sites excluding steroid dienone is 2. The Kier molecular flexibility index (Phi) is 11.2. The molecule has 34 heavy (non-hydrogen) atoms. The maximum atomic E-state index is 12.9. The van der Waals surface area contributed by atoms with Crippen molar-refractivity contribution >= 4 is 11.6 Å². The molecule has 1 aromatic rings. The molecule has 190 valence electrons. The number of hydrogen-bond donors (Lipinski definition) is 1. The van der Waals surface area contributed by atoms with E-state index in [9.17, 15) is 14.7 Å². The zero-order chi connectivity index (χ0) is 25.3. The fraction of sp³-hybridized carbons (Fsp3) is 0.677. The summed E-state index contributed by atoms with van der Waals surface area (Å²) in [4.78, 5) is 25.6. The van der Waals surface area contributed by atoms with E-state index in [1.807, 2.05) is 6.92 Å². The van der Waals surface area contributed by atoms with Crippen LogP contribution in [0.2, 0.25) is 0 Å². The number of fused-ring (bicyclic) bond motifs is 1. The Hall–Kier alpha value is -1.74. The number of carbonyl (C=O) groups excluding carboxylic acids is 2. The lowest BCUT2D eigenvalue weighted by atomic mass is 9.80. The van der Waals surface area contributed by atoms with Crippen LogP contribution >= 0.6 is 0 Å². The number of carbonyl (C=O) groups is 2. The van der Waals surface area contributed by atoms with Crippen molar-refractivity contribution in [3.63, 3.8) is 0 Å². The Morgan fingerprint density at radius 1 is 0.765 bits per heavy atom. The van der Waals surface area contributed by atoms with Gasteiger partial charge in [-0.25, -0.2) is 0 Å². The van der Waals surface area contributed by atoms with Gasteiger partial charge in [0.2, 0.25) is 0 Å². The summed E-state index contributed by atoms with van der Waals surface area (Å²) in [6, 6.07) is 7.05. The molecular formula is C31H48O3. The van der Waals surface area contributed by atoms with Crippen LogP contribution in [-0.4, -0.2) is 22.3 Å². The molecule has 0 aliphatic heterocycles. The van der Waals surface area contributed by atoms with E-state index in [2.05, 4.69) is 27.7 Å². The van der Waals surface area contributed by atoms with E-state index in [1.54, 1.807) is 31.2 Å². The number of ketones is 2. The minimum Gasteiger partial charge on any atom is -0.390 e. The predicted octanol–water partition coefficient (Wildman–Crippen LogP) is 8.35. The van der Waals surface area contributed by atoms with Gasteiger partial charge < -0.3 is 5.11 Å². The van der Waals surface area contributed by atoms with E-state index in [1.165, 1.54) is 38.5 Å². The van der Waals surface area contributed by atoms with Crippen LogP contribution in [0.15, 0.2) is 35.4 Å². The summed E-state index contributed by atoms with van der Waals surface area (Å²) < 4.78 is 0. The number of aliphatic hydroxyl groups is 1. The third kappa shape index (κ3) is 8.80.